The Labute approximate surface area is 219 Å². The number of para-hydroxylation sites is 1. The largest absolute Gasteiger partial charge is 0.488 e. The molecule has 0 radical (unpaired) electrons. The Kier molecular flexibility index (Phi) is 10.1. The Morgan fingerprint density at radius 1 is 0.868 bits per heavy atom. The van der Waals surface area contributed by atoms with Crippen LogP contribution < -0.4 is 4.74 Å². The minimum atomic E-state index is -4.39. The van der Waals surface area contributed by atoms with E-state index in [-0.39, 0.29) is 24.5 Å². The van der Waals surface area contributed by atoms with Crippen molar-refractivity contribution in [2.45, 2.75) is 44.9 Å². The molecular weight excluding hydrogens is 497 g/mol. The minimum Gasteiger partial charge on any atom is -0.488 e. The number of aromatic carboxylic acids is 1. The van der Waals surface area contributed by atoms with Gasteiger partial charge in [0.1, 0.15) is 12.4 Å². The third-order valence-corrected chi connectivity index (χ3v) is 6.06. The molecule has 5 nitrogen and oxygen atoms in total. The predicted molar refractivity (Wildman–Crippen MR) is 138 cm³/mol. The smallest absolute Gasteiger partial charge is 0.416 e. The van der Waals surface area contributed by atoms with Gasteiger partial charge in [-0.15, -0.1) is 0 Å². The Hall–Kier alpha value is -4.07. The number of rotatable bonds is 13. The van der Waals surface area contributed by atoms with Crippen LogP contribution in [-0.4, -0.2) is 22.2 Å². The first-order chi connectivity index (χ1) is 18.1. The lowest BCUT2D eigenvalue weighted by Crippen LogP contribution is -2.05. The van der Waals surface area contributed by atoms with Crippen LogP contribution in [0.15, 0.2) is 78.9 Å². The first kappa shape index (κ1) is 28.5. The molecule has 0 aliphatic rings. The third kappa shape index (κ3) is 9.10. The molecule has 3 aromatic carbocycles. The van der Waals surface area contributed by atoms with Crippen molar-refractivity contribution < 1.29 is 37.7 Å². The quantitative estimate of drug-likeness (QED) is 0.225. The molecule has 0 aliphatic carbocycles. The maximum absolute atomic E-state index is 12.8. The first-order valence-corrected chi connectivity index (χ1v) is 12.2. The van der Waals surface area contributed by atoms with E-state index < -0.39 is 23.7 Å². The Morgan fingerprint density at radius 3 is 2.16 bits per heavy atom. The van der Waals surface area contributed by atoms with Crippen LogP contribution in [0.1, 0.15) is 58.3 Å². The average molecular weight is 527 g/mol. The van der Waals surface area contributed by atoms with E-state index in [1.165, 1.54) is 12.1 Å². The van der Waals surface area contributed by atoms with E-state index in [1.54, 1.807) is 30.3 Å². The van der Waals surface area contributed by atoms with Crippen LogP contribution >= 0.6 is 0 Å². The molecule has 0 saturated carbocycles. The van der Waals surface area contributed by atoms with E-state index in [9.17, 15) is 22.8 Å². The molecule has 0 saturated heterocycles. The molecule has 0 fully saturated rings. The summed E-state index contributed by atoms with van der Waals surface area (Å²) in [4.78, 5) is 22.0. The zero-order valence-corrected chi connectivity index (χ0v) is 20.7. The van der Waals surface area contributed by atoms with Crippen LogP contribution in [0.25, 0.3) is 6.08 Å². The Morgan fingerprint density at radius 2 is 1.53 bits per heavy atom. The highest BCUT2D eigenvalue weighted by atomic mass is 19.4. The second-order valence-electron chi connectivity index (χ2n) is 8.99. The van der Waals surface area contributed by atoms with Gasteiger partial charge in [-0.2, -0.15) is 13.2 Å². The van der Waals surface area contributed by atoms with Gasteiger partial charge in [-0.1, -0.05) is 61.0 Å². The summed E-state index contributed by atoms with van der Waals surface area (Å²) in [6.45, 7) is 0.109. The lowest BCUT2D eigenvalue weighted by atomic mass is 9.92. The van der Waals surface area contributed by atoms with Gasteiger partial charge in [0.05, 0.1) is 11.1 Å². The number of carboxylic acids is 2. The zero-order chi connectivity index (χ0) is 27.5. The van der Waals surface area contributed by atoms with E-state index in [4.69, 9.17) is 14.9 Å². The molecule has 38 heavy (non-hydrogen) atoms. The molecule has 3 aromatic rings. The van der Waals surface area contributed by atoms with Gasteiger partial charge < -0.3 is 14.9 Å². The van der Waals surface area contributed by atoms with Crippen LogP contribution in [-0.2, 0) is 24.0 Å². The molecule has 0 heterocycles. The third-order valence-electron chi connectivity index (χ3n) is 6.06. The SMILES string of the molecule is O=C(O)CCCCC(C=Cc1ccccc1OCc1ccc(C(F)(F)F)cc1)Cc1ccc(C(=O)O)cc1. The molecule has 0 amide bonds. The molecule has 8 heteroatoms. The number of allylic oxidation sites excluding steroid dienone is 1. The van der Waals surface area contributed by atoms with E-state index in [0.717, 1.165) is 36.1 Å². The number of hydrogen-bond acceptors (Lipinski definition) is 3. The second kappa shape index (κ2) is 13.5. The number of unbranched alkanes of at least 4 members (excludes halogenated alkanes) is 1. The lowest BCUT2D eigenvalue weighted by molar-refractivity contribution is -0.138. The first-order valence-electron chi connectivity index (χ1n) is 12.2. The molecule has 3 rings (SSSR count). The molecule has 2 N–H and O–H groups in total. The summed E-state index contributed by atoms with van der Waals surface area (Å²) in [5.74, 6) is -1.17. The highest BCUT2D eigenvalue weighted by molar-refractivity contribution is 5.87. The molecule has 1 unspecified atom stereocenters. The lowest BCUT2D eigenvalue weighted by Gasteiger charge is -2.14. The van der Waals surface area contributed by atoms with Gasteiger partial charge in [0, 0.05) is 12.0 Å². The molecule has 1 atom stereocenters. The minimum absolute atomic E-state index is 0.0717. The Bertz CT molecular complexity index is 1230. The molecule has 200 valence electrons. The van der Waals surface area contributed by atoms with Gasteiger partial charge in [-0.05, 0) is 66.6 Å². The normalized spacial score (nSPS) is 12.4. The van der Waals surface area contributed by atoms with Crippen molar-refractivity contribution in [3.8, 4) is 5.75 Å². The highest BCUT2D eigenvalue weighted by Crippen LogP contribution is 2.29. The number of aliphatic carboxylic acids is 1. The molecular formula is C30H29F3O5. The number of benzene rings is 3. The predicted octanol–water partition coefficient (Wildman–Crippen LogP) is 7.50. The van der Waals surface area contributed by atoms with Crippen molar-refractivity contribution in [2.75, 3.05) is 0 Å². The molecule has 0 aliphatic heterocycles. The molecule has 0 aromatic heterocycles. The summed E-state index contributed by atoms with van der Waals surface area (Å²) < 4.78 is 44.3. The average Bonchev–Trinajstić information content (AvgIpc) is 2.88. The maximum atomic E-state index is 12.8. The van der Waals surface area contributed by atoms with Crippen molar-refractivity contribution in [1.29, 1.82) is 0 Å². The van der Waals surface area contributed by atoms with Gasteiger partial charge in [-0.25, -0.2) is 4.79 Å². The van der Waals surface area contributed by atoms with Crippen LogP contribution in [0.4, 0.5) is 13.2 Å². The topological polar surface area (TPSA) is 83.8 Å². The highest BCUT2D eigenvalue weighted by Gasteiger charge is 2.29. The number of alkyl halides is 3. The monoisotopic (exact) mass is 526 g/mol. The summed E-state index contributed by atoms with van der Waals surface area (Å²) in [6, 6.07) is 18.9. The number of carbonyl (C=O) groups is 2. The van der Waals surface area contributed by atoms with Crippen molar-refractivity contribution >= 4 is 18.0 Å². The standard InChI is InChI=1S/C30H29F3O5/c31-30(32,33)26-17-12-23(13-18-26)20-38-27-7-3-2-6-24(27)14-9-21(5-1-4-8-28(34)35)19-22-10-15-25(16-11-22)29(36)37/h2-3,6-7,9-18,21H,1,4-5,8,19-20H2,(H,34,35)(H,36,37). The fourth-order valence-electron chi connectivity index (χ4n) is 3.98. The molecule has 0 spiro atoms. The Balaban J connectivity index is 1.70. The number of ether oxygens (including phenoxy) is 1. The van der Waals surface area contributed by atoms with Crippen molar-refractivity contribution in [3.63, 3.8) is 0 Å². The van der Waals surface area contributed by atoms with E-state index in [1.807, 2.05) is 30.4 Å². The van der Waals surface area contributed by atoms with Gasteiger partial charge in [0.2, 0.25) is 0 Å². The van der Waals surface area contributed by atoms with E-state index >= 15 is 0 Å². The summed E-state index contributed by atoms with van der Waals surface area (Å²) >= 11 is 0. The van der Waals surface area contributed by atoms with E-state index in [2.05, 4.69) is 0 Å². The summed E-state index contributed by atoms with van der Waals surface area (Å²) in [5, 5.41) is 18.1. The van der Waals surface area contributed by atoms with Crippen molar-refractivity contribution in [1.82, 2.24) is 0 Å². The summed E-state index contributed by atoms with van der Waals surface area (Å²) in [7, 11) is 0. The van der Waals surface area contributed by atoms with Crippen LogP contribution in [0.3, 0.4) is 0 Å². The van der Waals surface area contributed by atoms with Crippen LogP contribution in [0.5, 0.6) is 5.75 Å². The van der Waals surface area contributed by atoms with Crippen LogP contribution in [0, 0.1) is 5.92 Å². The van der Waals surface area contributed by atoms with Gasteiger partial charge in [-0.3, -0.25) is 4.79 Å². The zero-order valence-electron chi connectivity index (χ0n) is 20.7. The maximum Gasteiger partial charge on any atom is 0.416 e. The number of carboxylic acid groups (broad SMARTS) is 2. The van der Waals surface area contributed by atoms with Gasteiger partial charge in [0.25, 0.3) is 0 Å². The summed E-state index contributed by atoms with van der Waals surface area (Å²) in [5.41, 5.74) is 1.88. The van der Waals surface area contributed by atoms with Crippen LogP contribution in [0.2, 0.25) is 0 Å². The van der Waals surface area contributed by atoms with Gasteiger partial charge in [0.15, 0.2) is 0 Å². The number of halogens is 3. The van der Waals surface area contributed by atoms with E-state index in [0.29, 0.717) is 24.2 Å². The fourth-order valence-corrected chi connectivity index (χ4v) is 3.98. The van der Waals surface area contributed by atoms with Crippen molar-refractivity contribution in [2.24, 2.45) is 5.92 Å². The second-order valence-corrected chi connectivity index (χ2v) is 8.99. The number of hydrogen-bond donors (Lipinski definition) is 2. The molecule has 0 bridgehead atoms. The van der Waals surface area contributed by atoms with Crippen molar-refractivity contribution in [3.05, 3.63) is 107 Å². The summed E-state index contributed by atoms with van der Waals surface area (Å²) in [6.07, 6.45) is 2.35. The fraction of sp³-hybridized carbons (Fsp3) is 0.267. The van der Waals surface area contributed by atoms with Gasteiger partial charge >= 0.3 is 18.1 Å².